The Hall–Kier alpha value is -1.15. The number of benzene rings is 1. The third kappa shape index (κ3) is 6.93. The topological polar surface area (TPSA) is 75.7 Å². The van der Waals surface area contributed by atoms with Gasteiger partial charge in [0.25, 0.3) is 0 Å². The summed E-state index contributed by atoms with van der Waals surface area (Å²) in [6, 6.07) is 7.72. The van der Waals surface area contributed by atoms with Gasteiger partial charge in [-0.1, -0.05) is 29.8 Å². The minimum atomic E-state index is -3.38. The molecule has 1 aromatic rings. The van der Waals surface area contributed by atoms with E-state index in [1.807, 2.05) is 24.3 Å². The molecule has 1 aliphatic heterocycles. The van der Waals surface area contributed by atoms with Crippen LogP contribution in [0, 0.1) is 0 Å². The van der Waals surface area contributed by atoms with Gasteiger partial charge < -0.3 is 10.1 Å². The van der Waals surface area contributed by atoms with E-state index in [2.05, 4.69) is 5.32 Å². The van der Waals surface area contributed by atoms with Crippen LogP contribution < -0.4 is 5.32 Å². The summed E-state index contributed by atoms with van der Waals surface area (Å²) in [5, 5.41) is 3.54. The largest absolute Gasteiger partial charge is 0.379 e. The number of unbranched alkanes of at least 4 members (excludes halogenated alkanes) is 1. The summed E-state index contributed by atoms with van der Waals surface area (Å²) in [5.74, 6) is -0.382. The molecule has 8 heteroatoms. The van der Waals surface area contributed by atoms with Gasteiger partial charge in [-0.15, -0.1) is 0 Å². The molecule has 0 unspecified atom stereocenters. The molecule has 0 aromatic heterocycles. The summed E-state index contributed by atoms with van der Waals surface area (Å²) in [4.78, 5) is 11.8. The summed E-state index contributed by atoms with van der Waals surface area (Å²) in [5.41, 5.74) is 1.10. The lowest BCUT2D eigenvalue weighted by atomic mass is 10.1. The quantitative estimate of drug-likeness (QED) is 0.655. The molecule has 1 N–H and O–H groups in total. The molecule has 1 heterocycles. The molecule has 0 spiro atoms. The van der Waals surface area contributed by atoms with Crippen molar-refractivity contribution in [2.45, 2.75) is 25.7 Å². The van der Waals surface area contributed by atoms with Crippen LogP contribution in [0.3, 0.4) is 0 Å². The predicted octanol–water partition coefficient (Wildman–Crippen LogP) is 1.83. The van der Waals surface area contributed by atoms with Gasteiger partial charge in [-0.25, -0.2) is 8.42 Å². The van der Waals surface area contributed by atoms with E-state index in [0.717, 1.165) is 29.8 Å². The second-order valence-corrected chi connectivity index (χ2v) is 8.47. The molecule has 1 amide bonds. The Bertz CT molecular complexity index is 660. The number of nitrogens with zero attached hydrogens (tertiary/aromatic N) is 1. The van der Waals surface area contributed by atoms with E-state index in [1.54, 1.807) is 0 Å². The Morgan fingerprint density at radius 2 is 1.92 bits per heavy atom. The number of aryl methyl sites for hydroxylation is 1. The monoisotopic (exact) mass is 388 g/mol. The van der Waals surface area contributed by atoms with Gasteiger partial charge in [-0.2, -0.15) is 4.31 Å². The van der Waals surface area contributed by atoms with Gasteiger partial charge in [-0.3, -0.25) is 4.79 Å². The first-order valence-electron chi connectivity index (χ1n) is 8.55. The summed E-state index contributed by atoms with van der Waals surface area (Å²) >= 11 is 6.10. The maximum absolute atomic E-state index is 12.1. The highest BCUT2D eigenvalue weighted by atomic mass is 35.5. The molecule has 0 aliphatic carbocycles. The van der Waals surface area contributed by atoms with Crippen molar-refractivity contribution in [3.8, 4) is 0 Å². The van der Waals surface area contributed by atoms with E-state index in [0.29, 0.717) is 32.8 Å². The average Bonchev–Trinajstić information content (AvgIpc) is 2.62. The van der Waals surface area contributed by atoms with Crippen LogP contribution in [0.1, 0.15) is 24.8 Å². The van der Waals surface area contributed by atoms with E-state index in [4.69, 9.17) is 16.3 Å². The molecular weight excluding hydrogens is 364 g/mol. The number of sulfonamides is 1. The Morgan fingerprint density at radius 3 is 2.64 bits per heavy atom. The average molecular weight is 389 g/mol. The molecule has 1 fully saturated rings. The van der Waals surface area contributed by atoms with Gasteiger partial charge in [0.1, 0.15) is 0 Å². The fourth-order valence-electron chi connectivity index (χ4n) is 2.63. The van der Waals surface area contributed by atoms with Gasteiger partial charge in [-0.05, 0) is 30.9 Å². The summed E-state index contributed by atoms with van der Waals surface area (Å²) in [6.45, 7) is 2.10. The molecule has 1 saturated heterocycles. The molecule has 2 rings (SSSR count). The van der Waals surface area contributed by atoms with Crippen LogP contribution in [-0.2, 0) is 26.0 Å². The van der Waals surface area contributed by atoms with Crippen LogP contribution in [0.4, 0.5) is 0 Å². The minimum Gasteiger partial charge on any atom is -0.379 e. The Morgan fingerprint density at radius 1 is 1.20 bits per heavy atom. The van der Waals surface area contributed by atoms with Crippen molar-refractivity contribution in [2.24, 2.45) is 0 Å². The first kappa shape index (κ1) is 20.2. The van der Waals surface area contributed by atoms with Gasteiger partial charge in [0, 0.05) is 31.1 Å². The van der Waals surface area contributed by atoms with Crippen LogP contribution in [0.15, 0.2) is 24.3 Å². The Balaban J connectivity index is 1.60. The molecule has 0 atom stereocenters. The van der Waals surface area contributed by atoms with E-state index >= 15 is 0 Å². The number of nitrogens with one attached hydrogen (secondary N) is 1. The molecule has 0 bridgehead atoms. The van der Waals surface area contributed by atoms with Gasteiger partial charge >= 0.3 is 0 Å². The zero-order chi connectivity index (χ0) is 18.1. The van der Waals surface area contributed by atoms with Crippen molar-refractivity contribution in [3.05, 3.63) is 34.9 Å². The fourth-order valence-corrected chi connectivity index (χ4v) is 4.27. The summed E-state index contributed by atoms with van der Waals surface area (Å²) in [7, 11) is -3.38. The molecule has 1 aromatic carbocycles. The normalized spacial score (nSPS) is 15.9. The van der Waals surface area contributed by atoms with Crippen molar-refractivity contribution >= 4 is 27.5 Å². The smallest absolute Gasteiger partial charge is 0.221 e. The molecule has 1 aliphatic rings. The first-order valence-corrected chi connectivity index (χ1v) is 10.5. The number of carbonyl (C=O) groups is 1. The number of halogens is 1. The predicted molar refractivity (Wildman–Crippen MR) is 98.2 cm³/mol. The second kappa shape index (κ2) is 10.1. The van der Waals surface area contributed by atoms with Crippen molar-refractivity contribution in [1.29, 1.82) is 0 Å². The van der Waals surface area contributed by atoms with Crippen molar-refractivity contribution in [3.63, 3.8) is 0 Å². The molecule has 0 saturated carbocycles. The lowest BCUT2D eigenvalue weighted by Crippen LogP contribution is -2.42. The Labute approximate surface area is 154 Å². The third-order valence-electron chi connectivity index (χ3n) is 4.10. The highest BCUT2D eigenvalue weighted by Crippen LogP contribution is 2.16. The minimum absolute atomic E-state index is 0.00972. The summed E-state index contributed by atoms with van der Waals surface area (Å²) in [6.07, 6.45) is 2.59. The lowest BCUT2D eigenvalue weighted by molar-refractivity contribution is -0.120. The number of amides is 1. The third-order valence-corrected chi connectivity index (χ3v) is 6.34. The van der Waals surface area contributed by atoms with Crippen LogP contribution >= 0.6 is 11.6 Å². The fraction of sp³-hybridized carbons (Fsp3) is 0.588. The molecular formula is C17H25ClN2O4S. The van der Waals surface area contributed by atoms with E-state index in [1.165, 1.54) is 4.31 Å². The standard InChI is InChI=1S/C17H25ClN2O4S/c18-16-7-2-1-5-15(16)6-3-4-9-19-17(21)8-14-25(22,23)20-10-12-24-13-11-20/h1-2,5,7H,3-4,6,8-14H2,(H,19,21). The number of hydrogen-bond donors (Lipinski definition) is 1. The first-order chi connectivity index (χ1) is 12.0. The van der Waals surface area contributed by atoms with Crippen molar-refractivity contribution in [2.75, 3.05) is 38.6 Å². The van der Waals surface area contributed by atoms with Crippen molar-refractivity contribution < 1.29 is 17.9 Å². The SMILES string of the molecule is O=C(CCS(=O)(=O)N1CCOCC1)NCCCCc1ccccc1Cl. The van der Waals surface area contributed by atoms with Crippen LogP contribution in [0.2, 0.25) is 5.02 Å². The van der Waals surface area contributed by atoms with Gasteiger partial charge in [0.15, 0.2) is 0 Å². The van der Waals surface area contributed by atoms with Gasteiger partial charge in [0.05, 0.1) is 19.0 Å². The van der Waals surface area contributed by atoms with E-state index in [-0.39, 0.29) is 18.1 Å². The zero-order valence-electron chi connectivity index (χ0n) is 14.2. The number of carbonyl (C=O) groups excluding carboxylic acids is 1. The lowest BCUT2D eigenvalue weighted by Gasteiger charge is -2.25. The number of rotatable bonds is 9. The number of ether oxygens (including phenoxy) is 1. The molecule has 0 radical (unpaired) electrons. The van der Waals surface area contributed by atoms with E-state index < -0.39 is 10.0 Å². The van der Waals surface area contributed by atoms with Crippen LogP contribution in [-0.4, -0.2) is 57.2 Å². The van der Waals surface area contributed by atoms with Gasteiger partial charge in [0.2, 0.25) is 15.9 Å². The van der Waals surface area contributed by atoms with E-state index in [9.17, 15) is 13.2 Å². The number of morpholine rings is 1. The molecule has 25 heavy (non-hydrogen) atoms. The van der Waals surface area contributed by atoms with Crippen molar-refractivity contribution in [1.82, 2.24) is 9.62 Å². The summed E-state index contributed by atoms with van der Waals surface area (Å²) < 4.78 is 30.8. The maximum atomic E-state index is 12.1. The molecule has 6 nitrogen and oxygen atoms in total. The van der Waals surface area contributed by atoms with Crippen LogP contribution in [0.5, 0.6) is 0 Å². The van der Waals surface area contributed by atoms with Crippen LogP contribution in [0.25, 0.3) is 0 Å². The second-order valence-electron chi connectivity index (χ2n) is 5.98. The highest BCUT2D eigenvalue weighted by Gasteiger charge is 2.24. The maximum Gasteiger partial charge on any atom is 0.221 e. The number of hydrogen-bond acceptors (Lipinski definition) is 4. The zero-order valence-corrected chi connectivity index (χ0v) is 15.8. The molecule has 140 valence electrons. The Kier molecular flexibility index (Phi) is 8.15. The highest BCUT2D eigenvalue weighted by molar-refractivity contribution is 7.89.